The van der Waals surface area contributed by atoms with Gasteiger partial charge < -0.3 is 20.7 Å². The first kappa shape index (κ1) is 16.8. The molecule has 0 bridgehead atoms. The fourth-order valence-corrected chi connectivity index (χ4v) is 3.41. The summed E-state index contributed by atoms with van der Waals surface area (Å²) < 4.78 is 7.83. The molecular weight excluding hydrogens is 344 g/mol. The van der Waals surface area contributed by atoms with Crippen LogP contribution < -0.4 is 17.0 Å². The lowest BCUT2D eigenvalue weighted by Crippen LogP contribution is -2.33. The summed E-state index contributed by atoms with van der Waals surface area (Å²) in [5.41, 5.74) is 3.67. The number of nitrogen functional groups attached to an aromatic ring is 1. The lowest BCUT2D eigenvalue weighted by Gasteiger charge is -2.15. The van der Waals surface area contributed by atoms with Crippen LogP contribution in [0.4, 0.5) is 5.95 Å². The molecule has 2 aromatic rings. The van der Waals surface area contributed by atoms with E-state index < -0.39 is 35.1 Å². The standard InChI is InChI=1S/C15H18N6O5/c16-5-15(1-2-15)6-20-9-10(18-13(17)19-11(9)24)21(14(20)25)12-8(23)3-7(4-22)26-12/h7-8,12,22-23H,1-4,6H2,(H3,17,18,19,24)/t7-,8+,12+/m0/s1. The number of anilines is 1. The molecule has 2 aromatic heterocycles. The molecule has 0 radical (unpaired) electrons. The summed E-state index contributed by atoms with van der Waals surface area (Å²) in [4.78, 5) is 31.9. The molecule has 11 heteroatoms. The predicted octanol–water partition coefficient (Wildman–Crippen LogP) is -1.59. The number of aromatic amines is 1. The van der Waals surface area contributed by atoms with Crippen LogP contribution in [0.15, 0.2) is 9.59 Å². The topological polar surface area (TPSA) is 172 Å². The van der Waals surface area contributed by atoms with Crippen molar-refractivity contribution in [3.05, 3.63) is 20.8 Å². The molecule has 0 spiro atoms. The fraction of sp³-hybridized carbons (Fsp3) is 0.600. The maximum atomic E-state index is 13.0. The first-order chi connectivity index (χ1) is 12.4. The van der Waals surface area contributed by atoms with E-state index >= 15 is 0 Å². The van der Waals surface area contributed by atoms with Crippen LogP contribution in [0.1, 0.15) is 25.5 Å². The number of fused-ring (bicyclic) bond motifs is 1. The number of hydrogen-bond acceptors (Lipinski definition) is 8. The van der Waals surface area contributed by atoms with Crippen LogP contribution in [-0.4, -0.2) is 48.1 Å². The van der Waals surface area contributed by atoms with E-state index in [1.165, 1.54) is 4.57 Å². The van der Waals surface area contributed by atoms with Crippen molar-refractivity contribution in [2.45, 2.75) is 44.2 Å². The largest absolute Gasteiger partial charge is 0.394 e. The fourth-order valence-electron chi connectivity index (χ4n) is 3.41. The SMILES string of the molecule is N#CC1(Cn2c(=O)n([C@@H]3O[C@H](CO)C[C@H]3O)c3nc(N)[nH]c(=O)c32)CC1. The zero-order valence-electron chi connectivity index (χ0n) is 13.8. The van der Waals surface area contributed by atoms with Crippen molar-refractivity contribution in [1.82, 2.24) is 19.1 Å². The lowest BCUT2D eigenvalue weighted by atomic mass is 10.1. The Bertz CT molecular complexity index is 1030. The minimum absolute atomic E-state index is 0.0195. The lowest BCUT2D eigenvalue weighted by molar-refractivity contribution is -0.0506. The molecular formula is C15H18N6O5. The van der Waals surface area contributed by atoms with Gasteiger partial charge in [-0.05, 0) is 12.8 Å². The van der Waals surface area contributed by atoms with Gasteiger partial charge in [-0.2, -0.15) is 10.2 Å². The molecule has 3 atom stereocenters. The number of aromatic nitrogens is 4. The number of nitrogens with one attached hydrogen (secondary N) is 1. The molecule has 1 aliphatic carbocycles. The smallest absolute Gasteiger partial charge is 0.332 e. The van der Waals surface area contributed by atoms with E-state index in [4.69, 9.17) is 10.5 Å². The van der Waals surface area contributed by atoms with Gasteiger partial charge >= 0.3 is 5.69 Å². The van der Waals surface area contributed by atoms with E-state index in [9.17, 15) is 25.1 Å². The van der Waals surface area contributed by atoms with E-state index in [0.29, 0.717) is 12.8 Å². The van der Waals surface area contributed by atoms with E-state index in [0.717, 1.165) is 4.57 Å². The highest BCUT2D eigenvalue weighted by Gasteiger charge is 2.45. The summed E-state index contributed by atoms with van der Waals surface area (Å²) in [7, 11) is 0. The normalized spacial score (nSPS) is 26.9. The minimum atomic E-state index is -1.10. The number of nitrogens with two attached hydrogens (primary N) is 1. The molecule has 2 fully saturated rings. The van der Waals surface area contributed by atoms with Crippen molar-refractivity contribution in [2.24, 2.45) is 5.41 Å². The van der Waals surface area contributed by atoms with Crippen molar-refractivity contribution in [2.75, 3.05) is 12.3 Å². The van der Waals surface area contributed by atoms with Crippen molar-refractivity contribution < 1.29 is 14.9 Å². The molecule has 2 aliphatic rings. The predicted molar refractivity (Wildman–Crippen MR) is 87.9 cm³/mol. The zero-order chi connectivity index (χ0) is 18.6. The van der Waals surface area contributed by atoms with E-state index in [1.807, 2.05) is 0 Å². The molecule has 0 unspecified atom stereocenters. The molecule has 11 nitrogen and oxygen atoms in total. The molecule has 0 amide bonds. The van der Waals surface area contributed by atoms with Crippen molar-refractivity contribution >= 4 is 17.1 Å². The molecule has 5 N–H and O–H groups in total. The molecule has 138 valence electrons. The van der Waals surface area contributed by atoms with Gasteiger partial charge in [-0.25, -0.2) is 9.36 Å². The van der Waals surface area contributed by atoms with Gasteiger partial charge in [-0.1, -0.05) is 0 Å². The maximum Gasteiger partial charge on any atom is 0.332 e. The summed E-state index contributed by atoms with van der Waals surface area (Å²) in [6.07, 6.45) is -1.38. The van der Waals surface area contributed by atoms with Gasteiger partial charge in [0.2, 0.25) is 5.95 Å². The highest BCUT2D eigenvalue weighted by atomic mass is 16.5. The van der Waals surface area contributed by atoms with Gasteiger partial charge in [-0.3, -0.25) is 14.3 Å². The van der Waals surface area contributed by atoms with Crippen molar-refractivity contribution in [3.63, 3.8) is 0 Å². The molecule has 1 saturated heterocycles. The Labute approximate surface area is 146 Å². The molecule has 3 heterocycles. The van der Waals surface area contributed by atoms with Gasteiger partial charge in [0, 0.05) is 13.0 Å². The van der Waals surface area contributed by atoms with Gasteiger partial charge in [-0.15, -0.1) is 0 Å². The van der Waals surface area contributed by atoms with E-state index in [2.05, 4.69) is 16.0 Å². The van der Waals surface area contributed by atoms with Crippen molar-refractivity contribution in [3.8, 4) is 6.07 Å². The van der Waals surface area contributed by atoms with Crippen LogP contribution in [0, 0.1) is 16.7 Å². The van der Waals surface area contributed by atoms with Crippen LogP contribution in [0.3, 0.4) is 0 Å². The highest BCUT2D eigenvalue weighted by Crippen LogP contribution is 2.46. The Morgan fingerprint density at radius 1 is 1.46 bits per heavy atom. The van der Waals surface area contributed by atoms with Gasteiger partial charge in [0.1, 0.15) is 6.10 Å². The average molecular weight is 362 g/mol. The number of H-pyrrole nitrogens is 1. The third-order valence-electron chi connectivity index (χ3n) is 5.00. The first-order valence-corrected chi connectivity index (χ1v) is 8.25. The molecule has 0 aromatic carbocycles. The number of hydrogen-bond donors (Lipinski definition) is 4. The van der Waals surface area contributed by atoms with Crippen LogP contribution in [0.2, 0.25) is 0 Å². The number of aliphatic hydroxyl groups excluding tert-OH is 2. The second-order valence-corrected chi connectivity index (χ2v) is 6.89. The van der Waals surface area contributed by atoms with Crippen LogP contribution in [0.25, 0.3) is 11.2 Å². The summed E-state index contributed by atoms with van der Waals surface area (Å²) in [5, 5.41) is 28.9. The van der Waals surface area contributed by atoms with Crippen LogP contribution in [0.5, 0.6) is 0 Å². The Balaban J connectivity index is 1.93. The van der Waals surface area contributed by atoms with Crippen LogP contribution in [-0.2, 0) is 11.3 Å². The van der Waals surface area contributed by atoms with Gasteiger partial charge in [0.05, 0.1) is 24.2 Å². The second kappa shape index (κ2) is 5.66. The summed E-state index contributed by atoms with van der Waals surface area (Å²) in [5.74, 6) is -0.180. The molecule has 1 saturated carbocycles. The number of nitrogens with zero attached hydrogens (tertiary/aromatic N) is 4. The Morgan fingerprint density at radius 3 is 2.77 bits per heavy atom. The number of ether oxygens (including phenoxy) is 1. The van der Waals surface area contributed by atoms with Gasteiger partial charge in [0.25, 0.3) is 5.56 Å². The minimum Gasteiger partial charge on any atom is -0.394 e. The Hall–Kier alpha value is -2.68. The number of imidazole rings is 1. The van der Waals surface area contributed by atoms with Gasteiger partial charge in [0.15, 0.2) is 17.4 Å². The summed E-state index contributed by atoms with van der Waals surface area (Å²) in [6, 6.07) is 2.19. The zero-order valence-corrected chi connectivity index (χ0v) is 13.8. The first-order valence-electron chi connectivity index (χ1n) is 8.25. The maximum absolute atomic E-state index is 13.0. The third-order valence-corrected chi connectivity index (χ3v) is 5.00. The van der Waals surface area contributed by atoms with Crippen LogP contribution >= 0.6 is 0 Å². The monoisotopic (exact) mass is 362 g/mol. The third kappa shape index (κ3) is 2.42. The number of nitriles is 1. The average Bonchev–Trinajstić information content (AvgIpc) is 3.21. The number of aliphatic hydroxyl groups is 2. The second-order valence-electron chi connectivity index (χ2n) is 6.89. The molecule has 1 aliphatic heterocycles. The molecule has 26 heavy (non-hydrogen) atoms. The van der Waals surface area contributed by atoms with E-state index in [-0.39, 0.29) is 36.7 Å². The summed E-state index contributed by atoms with van der Waals surface area (Å²) in [6.45, 7) is -0.262. The molecule has 4 rings (SSSR count). The highest BCUT2D eigenvalue weighted by molar-refractivity contribution is 5.72. The quantitative estimate of drug-likeness (QED) is 0.504. The van der Waals surface area contributed by atoms with Crippen molar-refractivity contribution in [1.29, 1.82) is 5.26 Å². The number of rotatable bonds is 4. The Morgan fingerprint density at radius 2 is 2.19 bits per heavy atom. The summed E-state index contributed by atoms with van der Waals surface area (Å²) >= 11 is 0. The Kier molecular flexibility index (Phi) is 3.65. The van der Waals surface area contributed by atoms with E-state index in [1.54, 1.807) is 0 Å².